The van der Waals surface area contributed by atoms with Gasteiger partial charge in [-0.1, -0.05) is 136 Å². The monoisotopic (exact) mass is 564 g/mol. The summed E-state index contributed by atoms with van der Waals surface area (Å²) in [6.07, 6.45) is 0. The summed E-state index contributed by atoms with van der Waals surface area (Å²) in [4.78, 5) is 21.5. The van der Waals surface area contributed by atoms with Crippen molar-refractivity contribution in [1.29, 1.82) is 0 Å². The van der Waals surface area contributed by atoms with Crippen LogP contribution < -0.4 is 0 Å². The molecule has 0 aliphatic rings. The lowest BCUT2D eigenvalue weighted by Gasteiger charge is -2.16. The molecule has 0 heterocycles. The van der Waals surface area contributed by atoms with Crippen LogP contribution in [0.3, 0.4) is 0 Å². The number of aliphatic carboxylic acids is 2. The molecule has 0 bridgehead atoms. The molecule has 4 aromatic carbocycles. The molecule has 1 atom stereocenters. The Labute approximate surface area is 238 Å². The molecule has 5 nitrogen and oxygen atoms in total. The van der Waals surface area contributed by atoms with Gasteiger partial charge in [-0.05, 0) is 22.3 Å². The lowest BCUT2D eigenvalue weighted by molar-refractivity contribution is -0.135. The largest absolute Gasteiger partial charge is 0.481 e. The van der Waals surface area contributed by atoms with Gasteiger partial charge in [0.1, 0.15) is 5.75 Å². The van der Waals surface area contributed by atoms with Gasteiger partial charge in [0.25, 0.3) is 0 Å². The van der Waals surface area contributed by atoms with Crippen molar-refractivity contribution < 1.29 is 24.0 Å². The molecule has 7 heteroatoms. The average Bonchev–Trinajstić information content (AvgIpc) is 2.91. The molecule has 4 rings (SSSR count). The van der Waals surface area contributed by atoms with Crippen LogP contribution in [0.15, 0.2) is 121 Å². The third kappa shape index (κ3) is 10.9. The maximum Gasteiger partial charge on any atom is 0.316 e. The van der Waals surface area contributed by atoms with Crippen molar-refractivity contribution >= 4 is 34.5 Å². The van der Waals surface area contributed by atoms with Crippen LogP contribution in [-0.2, 0) is 20.4 Å². The highest BCUT2D eigenvalue weighted by Gasteiger charge is 2.22. The number of benzene rings is 4. The second-order valence-corrected chi connectivity index (χ2v) is 10.6. The number of carboxylic acids is 2. The molecule has 39 heavy (non-hydrogen) atoms. The first-order valence-electron chi connectivity index (χ1n) is 11.6. The Morgan fingerprint density at radius 1 is 0.590 bits per heavy atom. The van der Waals surface area contributed by atoms with Crippen molar-refractivity contribution in [2.75, 3.05) is 11.5 Å². The van der Waals surface area contributed by atoms with E-state index in [-0.39, 0.29) is 31.6 Å². The molecular formula is C32H36O5S2. The van der Waals surface area contributed by atoms with E-state index < -0.39 is 28.0 Å². The fourth-order valence-electron chi connectivity index (χ4n) is 3.75. The van der Waals surface area contributed by atoms with Gasteiger partial charge in [-0.3, -0.25) is 13.8 Å². The van der Waals surface area contributed by atoms with E-state index in [9.17, 15) is 13.8 Å². The topological polar surface area (TPSA) is 91.7 Å². The quantitative estimate of drug-likeness (QED) is 0.208. The Morgan fingerprint density at radius 3 is 1.23 bits per heavy atom. The lowest BCUT2D eigenvalue weighted by atomic mass is 10.0. The van der Waals surface area contributed by atoms with E-state index in [0.717, 1.165) is 22.3 Å². The minimum atomic E-state index is -1.49. The van der Waals surface area contributed by atoms with E-state index in [1.807, 2.05) is 121 Å². The van der Waals surface area contributed by atoms with Crippen molar-refractivity contribution in [2.24, 2.45) is 0 Å². The first kappa shape index (κ1) is 33.3. The number of hydrogen-bond acceptors (Lipinski definition) is 4. The third-order valence-electron chi connectivity index (χ3n) is 5.31. The number of hydrogen-bond donors (Lipinski definition) is 2. The molecule has 0 spiro atoms. The summed E-state index contributed by atoms with van der Waals surface area (Å²) in [5.74, 6) is -2.07. The predicted molar refractivity (Wildman–Crippen MR) is 164 cm³/mol. The zero-order valence-electron chi connectivity index (χ0n) is 20.1. The lowest BCUT2D eigenvalue weighted by Crippen LogP contribution is -2.17. The van der Waals surface area contributed by atoms with Crippen LogP contribution in [0.5, 0.6) is 0 Å². The average molecular weight is 565 g/mol. The number of carbonyl (C=O) groups is 2. The molecule has 0 fully saturated rings. The first-order valence-corrected chi connectivity index (χ1v) is 14.0. The maximum atomic E-state index is 12.3. The van der Waals surface area contributed by atoms with E-state index in [0.29, 0.717) is 0 Å². The molecule has 0 aromatic heterocycles. The SMILES string of the molecule is C.C.O=C(O)CSC(c1ccccc1)c1ccccc1.O=C(O)C[S@@](=O)C(c1ccccc1)c1ccccc1. The highest BCUT2D eigenvalue weighted by atomic mass is 32.2. The zero-order valence-corrected chi connectivity index (χ0v) is 21.7. The molecule has 0 aliphatic heterocycles. The molecule has 2 N–H and O–H groups in total. The second-order valence-electron chi connectivity index (χ2n) is 8.03. The van der Waals surface area contributed by atoms with Crippen molar-refractivity contribution in [1.82, 2.24) is 0 Å². The minimum absolute atomic E-state index is 0. The third-order valence-corrected chi connectivity index (χ3v) is 8.20. The van der Waals surface area contributed by atoms with E-state index in [2.05, 4.69) is 0 Å². The molecule has 0 saturated carbocycles. The first-order chi connectivity index (χ1) is 18.0. The van der Waals surface area contributed by atoms with Crippen LogP contribution in [0, 0.1) is 0 Å². The van der Waals surface area contributed by atoms with Gasteiger partial charge in [0, 0.05) is 10.8 Å². The van der Waals surface area contributed by atoms with Crippen LogP contribution in [0.1, 0.15) is 47.6 Å². The maximum absolute atomic E-state index is 12.3. The summed E-state index contributed by atoms with van der Waals surface area (Å²) < 4.78 is 12.3. The number of carboxylic acid groups (broad SMARTS) is 2. The Kier molecular flexibility index (Phi) is 15.2. The fraction of sp³-hybridized carbons (Fsp3) is 0.188. The summed E-state index contributed by atoms with van der Waals surface area (Å²) >= 11 is 1.44. The van der Waals surface area contributed by atoms with Gasteiger partial charge in [0.05, 0.1) is 16.3 Å². The van der Waals surface area contributed by atoms with E-state index >= 15 is 0 Å². The van der Waals surface area contributed by atoms with E-state index in [1.54, 1.807) is 0 Å². The van der Waals surface area contributed by atoms with Gasteiger partial charge in [-0.25, -0.2) is 0 Å². The van der Waals surface area contributed by atoms with Crippen LogP contribution in [-0.4, -0.2) is 37.9 Å². The summed E-state index contributed by atoms with van der Waals surface area (Å²) in [6, 6.07) is 38.7. The molecule has 0 unspecified atom stereocenters. The van der Waals surface area contributed by atoms with Crippen LogP contribution >= 0.6 is 11.8 Å². The molecule has 0 radical (unpaired) electrons. The highest BCUT2D eigenvalue weighted by molar-refractivity contribution is 8.00. The highest BCUT2D eigenvalue weighted by Crippen LogP contribution is 2.35. The summed E-state index contributed by atoms with van der Waals surface area (Å²) in [5, 5.41) is 17.3. The van der Waals surface area contributed by atoms with Crippen LogP contribution in [0.2, 0.25) is 0 Å². The van der Waals surface area contributed by atoms with Crippen LogP contribution in [0.25, 0.3) is 0 Å². The second kappa shape index (κ2) is 17.8. The zero-order chi connectivity index (χ0) is 26.5. The summed E-state index contributed by atoms with van der Waals surface area (Å²) in [6.45, 7) is 0. The normalized spacial score (nSPS) is 10.8. The molecule has 206 valence electrons. The van der Waals surface area contributed by atoms with Crippen LogP contribution in [0.4, 0.5) is 0 Å². The van der Waals surface area contributed by atoms with E-state index in [4.69, 9.17) is 10.2 Å². The molecule has 0 amide bonds. The number of rotatable bonds is 10. The standard InChI is InChI=1S/C15H14O3S.C15H14O2S.2CH4/c16-14(17)11-19(18)15(12-7-3-1-4-8-12)13-9-5-2-6-10-13;16-14(17)11-18-15(12-7-3-1-4-8-12)13-9-5-2-6-10-13;;/h1-10,15H,11H2,(H,16,17);1-10,15H,11H2,(H,16,17);2*1H4/t19-;;;/m1.../s1. The van der Waals surface area contributed by atoms with Gasteiger partial charge >= 0.3 is 11.9 Å². The van der Waals surface area contributed by atoms with Gasteiger partial charge in [-0.15, -0.1) is 11.8 Å². The Bertz CT molecular complexity index is 1190. The number of thioether (sulfide) groups is 1. The van der Waals surface area contributed by atoms with Gasteiger partial charge in [0.15, 0.2) is 0 Å². The van der Waals surface area contributed by atoms with Crippen molar-refractivity contribution in [2.45, 2.75) is 25.4 Å². The Morgan fingerprint density at radius 2 is 0.923 bits per heavy atom. The fourth-order valence-corrected chi connectivity index (χ4v) is 6.09. The Balaban J connectivity index is 0.000000371. The predicted octanol–water partition coefficient (Wildman–Crippen LogP) is 7.48. The molecule has 0 aliphatic carbocycles. The van der Waals surface area contributed by atoms with E-state index in [1.165, 1.54) is 11.8 Å². The van der Waals surface area contributed by atoms with Gasteiger partial charge in [-0.2, -0.15) is 0 Å². The van der Waals surface area contributed by atoms with Gasteiger partial charge in [0.2, 0.25) is 0 Å². The van der Waals surface area contributed by atoms with Crippen molar-refractivity contribution in [3.05, 3.63) is 144 Å². The smallest absolute Gasteiger partial charge is 0.316 e. The summed E-state index contributed by atoms with van der Waals surface area (Å²) in [7, 11) is -1.49. The molecule has 4 aromatic rings. The minimum Gasteiger partial charge on any atom is -0.481 e. The van der Waals surface area contributed by atoms with Crippen molar-refractivity contribution in [3.8, 4) is 0 Å². The van der Waals surface area contributed by atoms with Crippen molar-refractivity contribution in [3.63, 3.8) is 0 Å². The molecular weight excluding hydrogens is 528 g/mol. The molecule has 0 saturated heterocycles. The summed E-state index contributed by atoms with van der Waals surface area (Å²) in [5.41, 5.74) is 4.01. The Hall–Kier alpha value is -3.68. The van der Waals surface area contributed by atoms with Gasteiger partial charge < -0.3 is 10.2 Å².